The topological polar surface area (TPSA) is 143 Å². The minimum Gasteiger partial charge on any atom is -0.495 e. The average molecular weight is 683 g/mol. The highest BCUT2D eigenvalue weighted by atomic mass is 35.5. The number of ether oxygens (including phenoxy) is 2. The van der Waals surface area contributed by atoms with Crippen molar-refractivity contribution in [1.82, 2.24) is 16.0 Å². The number of hydrogen-bond donors (Lipinski definition) is 3. The molecule has 1 fully saturated rings. The van der Waals surface area contributed by atoms with Gasteiger partial charge in [-0.25, -0.2) is 12.7 Å². The molecule has 2 heterocycles. The lowest BCUT2D eigenvalue weighted by Crippen LogP contribution is -2.43. The van der Waals surface area contributed by atoms with E-state index in [0.717, 1.165) is 17.3 Å². The largest absolute Gasteiger partial charge is 0.495 e. The van der Waals surface area contributed by atoms with Gasteiger partial charge in [-0.15, -0.1) is 0 Å². The van der Waals surface area contributed by atoms with Crippen LogP contribution in [0.3, 0.4) is 0 Å². The smallest absolute Gasteiger partial charge is 0.274 e. The molecular weight excluding hydrogens is 644 g/mol. The second kappa shape index (κ2) is 12.8. The van der Waals surface area contributed by atoms with Gasteiger partial charge < -0.3 is 25.4 Å². The maximum atomic E-state index is 14.7. The predicted octanol–water partition coefficient (Wildman–Crippen LogP) is 4.41. The van der Waals surface area contributed by atoms with E-state index >= 15 is 0 Å². The standard InChI is InChI=1S/C34H39ClN4O7S/c1-7-46-23-10-12-27-25(18-23)34(5,24-16-20(8-11-26(24)35)30(40)37-22-14-15-36-19-22)32(42)39(27)47(43,44)29-13-9-21(17-28(29)45-6)31(41)38-33(2,3)4/h8-13,16-18,22,36H,7,14-15,19H2,1-6H3,(H,37,40)(H,38,41)/t22-,34?/m1/s1. The molecule has 2 atom stereocenters. The van der Waals surface area contributed by atoms with Crippen LogP contribution in [0.15, 0.2) is 59.5 Å². The quantitative estimate of drug-likeness (QED) is 0.301. The summed E-state index contributed by atoms with van der Waals surface area (Å²) in [4.78, 5) is 40.4. The van der Waals surface area contributed by atoms with Crippen LogP contribution in [0.5, 0.6) is 11.5 Å². The number of sulfonamides is 1. The number of anilines is 1. The van der Waals surface area contributed by atoms with Crippen LogP contribution in [0.2, 0.25) is 5.02 Å². The fourth-order valence-corrected chi connectivity index (χ4v) is 7.86. The number of nitrogens with zero attached hydrogens (tertiary/aromatic N) is 1. The Bertz CT molecular complexity index is 1850. The monoisotopic (exact) mass is 682 g/mol. The summed E-state index contributed by atoms with van der Waals surface area (Å²) in [6.07, 6.45) is 0.786. The van der Waals surface area contributed by atoms with Gasteiger partial charge >= 0.3 is 0 Å². The van der Waals surface area contributed by atoms with Crippen molar-refractivity contribution >= 4 is 45.0 Å². The van der Waals surface area contributed by atoms with Gasteiger partial charge in [-0.3, -0.25) is 14.4 Å². The number of rotatable bonds is 9. The zero-order valence-corrected chi connectivity index (χ0v) is 28.8. The van der Waals surface area contributed by atoms with Gasteiger partial charge in [0.1, 0.15) is 21.8 Å². The van der Waals surface area contributed by atoms with E-state index in [9.17, 15) is 22.8 Å². The highest BCUT2D eigenvalue weighted by Crippen LogP contribution is 2.51. The van der Waals surface area contributed by atoms with E-state index < -0.39 is 32.8 Å². The number of benzene rings is 3. The normalized spacial score (nSPS) is 19.3. The van der Waals surface area contributed by atoms with Crippen molar-refractivity contribution < 1.29 is 32.3 Å². The molecule has 250 valence electrons. The third-order valence-corrected chi connectivity index (χ3v) is 10.3. The van der Waals surface area contributed by atoms with Gasteiger partial charge in [0.2, 0.25) is 0 Å². The summed E-state index contributed by atoms with van der Waals surface area (Å²) in [5.41, 5.74) is -1.02. The van der Waals surface area contributed by atoms with E-state index in [-0.39, 0.29) is 50.0 Å². The van der Waals surface area contributed by atoms with Crippen LogP contribution in [-0.4, -0.2) is 64.5 Å². The summed E-state index contributed by atoms with van der Waals surface area (Å²) in [5.74, 6) is -1.24. The molecular formula is C34H39ClN4O7S. The van der Waals surface area contributed by atoms with Crippen LogP contribution in [0, 0.1) is 0 Å². The first-order valence-electron chi connectivity index (χ1n) is 15.3. The van der Waals surface area contributed by atoms with E-state index in [4.69, 9.17) is 21.1 Å². The number of halogens is 1. The van der Waals surface area contributed by atoms with Crippen molar-refractivity contribution in [2.24, 2.45) is 0 Å². The van der Waals surface area contributed by atoms with E-state index in [1.54, 1.807) is 25.1 Å². The van der Waals surface area contributed by atoms with Crippen LogP contribution in [-0.2, 0) is 20.2 Å². The number of amides is 3. The maximum absolute atomic E-state index is 14.7. The summed E-state index contributed by atoms with van der Waals surface area (Å²) in [5, 5.41) is 9.22. The molecule has 47 heavy (non-hydrogen) atoms. The minimum atomic E-state index is -4.62. The Balaban J connectivity index is 1.63. The second-order valence-electron chi connectivity index (χ2n) is 12.7. The van der Waals surface area contributed by atoms with E-state index in [2.05, 4.69) is 16.0 Å². The van der Waals surface area contributed by atoms with Gasteiger partial charge in [-0.2, -0.15) is 0 Å². The van der Waals surface area contributed by atoms with Crippen LogP contribution in [0.25, 0.3) is 0 Å². The molecule has 3 amide bonds. The van der Waals surface area contributed by atoms with Gasteiger partial charge in [0.05, 0.1) is 19.4 Å². The highest BCUT2D eigenvalue weighted by Gasteiger charge is 2.54. The third kappa shape index (κ3) is 6.41. The molecule has 0 radical (unpaired) electrons. The fraction of sp³-hybridized carbons (Fsp3) is 0.382. The summed E-state index contributed by atoms with van der Waals surface area (Å²) in [7, 11) is -3.34. The fourth-order valence-electron chi connectivity index (χ4n) is 5.91. The molecule has 5 rings (SSSR count). The minimum absolute atomic E-state index is 0.0404. The zero-order chi connectivity index (χ0) is 34.3. The first-order valence-corrected chi connectivity index (χ1v) is 17.1. The molecule has 1 saturated heterocycles. The van der Waals surface area contributed by atoms with E-state index in [1.165, 1.54) is 43.5 Å². The summed E-state index contributed by atoms with van der Waals surface area (Å²) < 4.78 is 40.9. The summed E-state index contributed by atoms with van der Waals surface area (Å²) >= 11 is 6.74. The number of carbonyl (C=O) groups excluding carboxylic acids is 3. The van der Waals surface area contributed by atoms with Gasteiger partial charge in [-0.1, -0.05) is 11.6 Å². The molecule has 3 aromatic carbocycles. The van der Waals surface area contributed by atoms with Gasteiger partial charge in [0, 0.05) is 39.8 Å². The van der Waals surface area contributed by atoms with Crippen LogP contribution in [0.4, 0.5) is 5.69 Å². The predicted molar refractivity (Wildman–Crippen MR) is 179 cm³/mol. The Labute approximate surface area is 280 Å². The third-order valence-electron chi connectivity index (χ3n) is 8.24. The molecule has 11 nitrogen and oxygen atoms in total. The molecule has 2 aliphatic heterocycles. The Morgan fingerprint density at radius 2 is 1.74 bits per heavy atom. The number of fused-ring (bicyclic) bond motifs is 1. The molecule has 0 aliphatic carbocycles. The number of nitrogens with one attached hydrogen (secondary N) is 3. The Kier molecular flexibility index (Phi) is 9.33. The maximum Gasteiger partial charge on any atom is 0.274 e. The van der Waals surface area contributed by atoms with Crippen molar-refractivity contribution in [3.63, 3.8) is 0 Å². The Hall–Kier alpha value is -4.13. The first kappa shape index (κ1) is 34.2. The first-order chi connectivity index (χ1) is 22.1. The molecule has 0 bridgehead atoms. The van der Waals surface area contributed by atoms with E-state index in [0.29, 0.717) is 24.5 Å². The lowest BCUT2D eigenvalue weighted by molar-refractivity contribution is -0.120. The number of carbonyl (C=O) groups is 3. The summed E-state index contributed by atoms with van der Waals surface area (Å²) in [6.45, 7) is 10.7. The van der Waals surface area contributed by atoms with Crippen molar-refractivity contribution in [2.75, 3.05) is 31.1 Å². The van der Waals surface area contributed by atoms with Crippen LogP contribution < -0.4 is 29.7 Å². The van der Waals surface area contributed by atoms with Gasteiger partial charge in [-0.05, 0) is 108 Å². The molecule has 3 aromatic rings. The molecule has 0 spiro atoms. The molecule has 1 unspecified atom stereocenters. The Morgan fingerprint density at radius 1 is 1.04 bits per heavy atom. The number of methoxy groups -OCH3 is 1. The van der Waals surface area contributed by atoms with Gasteiger partial charge in [0.25, 0.3) is 27.7 Å². The van der Waals surface area contributed by atoms with Crippen molar-refractivity contribution in [2.45, 2.75) is 62.9 Å². The molecule has 2 aliphatic rings. The summed E-state index contributed by atoms with van der Waals surface area (Å²) in [6, 6.07) is 13.3. The number of hydrogen-bond acceptors (Lipinski definition) is 8. The van der Waals surface area contributed by atoms with E-state index in [1.807, 2.05) is 27.7 Å². The van der Waals surface area contributed by atoms with Crippen molar-refractivity contribution in [3.05, 3.63) is 81.9 Å². The molecule has 13 heteroatoms. The van der Waals surface area contributed by atoms with Crippen molar-refractivity contribution in [3.8, 4) is 11.5 Å². The lowest BCUT2D eigenvalue weighted by Gasteiger charge is -2.27. The van der Waals surface area contributed by atoms with Gasteiger partial charge in [0.15, 0.2) is 0 Å². The highest BCUT2D eigenvalue weighted by molar-refractivity contribution is 7.93. The average Bonchev–Trinajstić information content (AvgIpc) is 3.60. The molecule has 0 saturated carbocycles. The van der Waals surface area contributed by atoms with Crippen LogP contribution in [0.1, 0.15) is 72.9 Å². The SMILES string of the molecule is CCOc1ccc2c(c1)C(C)(c1cc(C(=O)N[C@@H]3CCNC3)ccc1Cl)C(=O)N2S(=O)(=O)c1ccc(C(=O)NC(C)(C)C)cc1OC. The molecule has 3 N–H and O–H groups in total. The van der Waals surface area contributed by atoms with Crippen molar-refractivity contribution in [1.29, 1.82) is 0 Å². The second-order valence-corrected chi connectivity index (χ2v) is 14.9. The molecule has 0 aromatic heterocycles. The lowest BCUT2D eigenvalue weighted by atomic mass is 9.76. The zero-order valence-electron chi connectivity index (χ0n) is 27.2. The van der Waals surface area contributed by atoms with Crippen LogP contribution >= 0.6 is 11.6 Å². The Morgan fingerprint density at radius 3 is 2.38 bits per heavy atom.